The quantitative estimate of drug-likeness (QED) is 0.663. The SMILES string of the molecule is C[Si](C)(C)C#CCNc1ccc(S(=O)(=O)C(F)F)c2c1OCC2. The molecule has 0 spiro atoms. The highest BCUT2D eigenvalue weighted by Crippen LogP contribution is 2.39. The molecule has 1 aliphatic heterocycles. The summed E-state index contributed by atoms with van der Waals surface area (Å²) in [5.74, 6) is -0.0668. The van der Waals surface area contributed by atoms with Crippen LogP contribution in [-0.4, -0.2) is 35.4 Å². The molecule has 1 aliphatic rings. The van der Waals surface area contributed by atoms with Crippen LogP contribution in [-0.2, 0) is 16.3 Å². The van der Waals surface area contributed by atoms with Gasteiger partial charge in [0.15, 0.2) is 0 Å². The molecule has 0 amide bonds. The van der Waals surface area contributed by atoms with Crippen molar-refractivity contribution in [2.24, 2.45) is 0 Å². The van der Waals surface area contributed by atoms with E-state index in [4.69, 9.17) is 4.74 Å². The Bertz CT molecular complexity index is 761. The van der Waals surface area contributed by atoms with Gasteiger partial charge in [-0.25, -0.2) is 8.42 Å². The predicted molar refractivity (Wildman–Crippen MR) is 88.4 cm³/mol. The van der Waals surface area contributed by atoms with Gasteiger partial charge < -0.3 is 10.1 Å². The van der Waals surface area contributed by atoms with E-state index in [2.05, 4.69) is 36.4 Å². The molecule has 1 aromatic rings. The van der Waals surface area contributed by atoms with Crippen LogP contribution in [0.4, 0.5) is 14.5 Å². The van der Waals surface area contributed by atoms with Gasteiger partial charge in [-0.1, -0.05) is 25.6 Å². The molecular formula is C15H19F2NO3SSi. The van der Waals surface area contributed by atoms with Gasteiger partial charge >= 0.3 is 5.76 Å². The van der Waals surface area contributed by atoms with Crippen LogP contribution in [0.15, 0.2) is 17.0 Å². The third kappa shape index (κ3) is 4.03. The summed E-state index contributed by atoms with van der Waals surface area (Å²) < 4.78 is 54.4. The van der Waals surface area contributed by atoms with Gasteiger partial charge in [-0.3, -0.25) is 0 Å². The fourth-order valence-electron chi connectivity index (χ4n) is 2.22. The van der Waals surface area contributed by atoms with E-state index in [0.29, 0.717) is 30.0 Å². The third-order valence-electron chi connectivity index (χ3n) is 3.19. The topological polar surface area (TPSA) is 55.4 Å². The van der Waals surface area contributed by atoms with Gasteiger partial charge in [0.05, 0.1) is 23.7 Å². The number of hydrogen-bond acceptors (Lipinski definition) is 4. The van der Waals surface area contributed by atoms with Crippen LogP contribution < -0.4 is 10.1 Å². The van der Waals surface area contributed by atoms with E-state index in [1.165, 1.54) is 12.1 Å². The molecule has 0 aromatic heterocycles. The Morgan fingerprint density at radius 1 is 1.35 bits per heavy atom. The van der Waals surface area contributed by atoms with Crippen molar-refractivity contribution in [1.82, 2.24) is 0 Å². The van der Waals surface area contributed by atoms with Gasteiger partial charge in [0.1, 0.15) is 13.8 Å². The lowest BCUT2D eigenvalue weighted by Crippen LogP contribution is -2.17. The second kappa shape index (κ2) is 6.49. The summed E-state index contributed by atoms with van der Waals surface area (Å²) in [5.41, 5.74) is 4.09. The number of sulfone groups is 1. The fraction of sp³-hybridized carbons (Fsp3) is 0.467. The van der Waals surface area contributed by atoms with Gasteiger partial charge in [0.2, 0.25) is 9.84 Å². The molecule has 0 aliphatic carbocycles. The van der Waals surface area contributed by atoms with E-state index in [0.717, 1.165) is 0 Å². The van der Waals surface area contributed by atoms with Crippen molar-refractivity contribution in [3.05, 3.63) is 17.7 Å². The molecule has 2 rings (SSSR count). The predicted octanol–water partition coefficient (Wildman–Crippen LogP) is 2.91. The molecule has 0 saturated heterocycles. The van der Waals surface area contributed by atoms with Crippen LogP contribution in [0.25, 0.3) is 0 Å². The monoisotopic (exact) mass is 359 g/mol. The molecule has 1 heterocycles. The first-order chi connectivity index (χ1) is 10.6. The summed E-state index contributed by atoms with van der Waals surface area (Å²) >= 11 is 0. The average Bonchev–Trinajstić information content (AvgIpc) is 2.91. The molecule has 0 unspecified atom stereocenters. The molecule has 0 bridgehead atoms. The average molecular weight is 359 g/mol. The van der Waals surface area contributed by atoms with E-state index < -0.39 is 23.7 Å². The first kappa shape index (κ1) is 17.8. The molecule has 0 fully saturated rings. The number of alkyl halides is 2. The Balaban J connectivity index is 2.29. The maximum atomic E-state index is 12.8. The van der Waals surface area contributed by atoms with Gasteiger partial charge in [-0.2, -0.15) is 8.78 Å². The van der Waals surface area contributed by atoms with Crippen LogP contribution in [0.2, 0.25) is 19.6 Å². The summed E-state index contributed by atoms with van der Waals surface area (Å²) in [6, 6.07) is 2.67. The Labute approximate surface area is 136 Å². The summed E-state index contributed by atoms with van der Waals surface area (Å²) in [4.78, 5) is -0.348. The molecule has 0 saturated carbocycles. The lowest BCUT2D eigenvalue weighted by atomic mass is 10.1. The lowest BCUT2D eigenvalue weighted by Gasteiger charge is -2.12. The van der Waals surface area contributed by atoms with E-state index >= 15 is 0 Å². The zero-order chi connectivity index (χ0) is 17.3. The fourth-order valence-corrected chi connectivity index (χ4v) is 3.82. The van der Waals surface area contributed by atoms with Crippen LogP contribution >= 0.6 is 0 Å². The minimum absolute atomic E-state index is 0.278. The number of rotatable bonds is 4. The molecule has 0 radical (unpaired) electrons. The van der Waals surface area contributed by atoms with E-state index in [1.807, 2.05) is 0 Å². The Morgan fingerprint density at radius 2 is 2.04 bits per heavy atom. The molecule has 8 heteroatoms. The number of benzene rings is 1. The number of halogens is 2. The van der Waals surface area contributed by atoms with E-state index in [9.17, 15) is 17.2 Å². The molecule has 126 valence electrons. The molecule has 0 atom stereocenters. The molecule has 1 aromatic carbocycles. The summed E-state index contributed by atoms with van der Waals surface area (Å²) in [6.45, 7) is 7.06. The standard InChI is InChI=1S/C15H19F2NO3SSi/c1-23(2,3)10-4-8-18-12-5-6-13(22(19,20)15(16)17)11-7-9-21-14(11)12/h5-6,15,18H,7-9H2,1-3H3. The first-order valence-corrected chi connectivity index (χ1v) is 12.2. The minimum atomic E-state index is -4.63. The van der Waals surface area contributed by atoms with Gasteiger partial charge in [0.25, 0.3) is 0 Å². The van der Waals surface area contributed by atoms with Crippen molar-refractivity contribution < 1.29 is 21.9 Å². The highest BCUT2D eigenvalue weighted by atomic mass is 32.2. The number of hydrogen-bond donors (Lipinski definition) is 1. The maximum Gasteiger partial charge on any atom is 0.341 e. The van der Waals surface area contributed by atoms with Crippen molar-refractivity contribution in [2.45, 2.75) is 36.7 Å². The lowest BCUT2D eigenvalue weighted by molar-refractivity contribution is 0.234. The number of ether oxygens (including phenoxy) is 1. The highest BCUT2D eigenvalue weighted by Gasteiger charge is 2.33. The van der Waals surface area contributed by atoms with Crippen molar-refractivity contribution in [1.29, 1.82) is 0 Å². The first-order valence-electron chi connectivity index (χ1n) is 7.17. The van der Waals surface area contributed by atoms with Crippen molar-refractivity contribution in [3.8, 4) is 17.2 Å². The van der Waals surface area contributed by atoms with Crippen molar-refractivity contribution in [2.75, 3.05) is 18.5 Å². The largest absolute Gasteiger partial charge is 0.491 e. The number of anilines is 1. The molecular weight excluding hydrogens is 340 g/mol. The smallest absolute Gasteiger partial charge is 0.341 e. The summed E-state index contributed by atoms with van der Waals surface area (Å²) in [7, 11) is -6.08. The Hall–Kier alpha value is -1.59. The second-order valence-electron chi connectivity index (χ2n) is 6.23. The van der Waals surface area contributed by atoms with E-state index in [-0.39, 0.29) is 11.5 Å². The van der Waals surface area contributed by atoms with Gasteiger partial charge in [-0.15, -0.1) is 5.54 Å². The Morgan fingerprint density at radius 3 is 2.65 bits per heavy atom. The normalized spacial score (nSPS) is 14.0. The molecule has 23 heavy (non-hydrogen) atoms. The van der Waals surface area contributed by atoms with Gasteiger partial charge in [-0.05, 0) is 12.1 Å². The third-order valence-corrected chi connectivity index (χ3v) is 5.58. The van der Waals surface area contributed by atoms with E-state index in [1.54, 1.807) is 0 Å². The highest BCUT2D eigenvalue weighted by molar-refractivity contribution is 7.91. The summed E-state index contributed by atoms with van der Waals surface area (Å²) in [5, 5.41) is 3.07. The number of fused-ring (bicyclic) bond motifs is 1. The second-order valence-corrected chi connectivity index (χ2v) is 12.9. The maximum absolute atomic E-state index is 12.8. The van der Waals surface area contributed by atoms with Crippen LogP contribution in [0.3, 0.4) is 0 Å². The minimum Gasteiger partial charge on any atom is -0.491 e. The number of nitrogens with one attached hydrogen (secondary N) is 1. The van der Waals surface area contributed by atoms with Crippen LogP contribution in [0.1, 0.15) is 5.56 Å². The Kier molecular flexibility index (Phi) is 5.01. The van der Waals surface area contributed by atoms with Crippen LogP contribution in [0, 0.1) is 11.5 Å². The summed E-state index contributed by atoms with van der Waals surface area (Å²) in [6.07, 6.45) is 0.298. The van der Waals surface area contributed by atoms with Crippen molar-refractivity contribution in [3.63, 3.8) is 0 Å². The van der Waals surface area contributed by atoms with Crippen molar-refractivity contribution >= 4 is 23.6 Å². The molecule has 1 N–H and O–H groups in total. The molecule has 4 nitrogen and oxygen atoms in total. The zero-order valence-electron chi connectivity index (χ0n) is 13.2. The zero-order valence-corrected chi connectivity index (χ0v) is 15.1. The van der Waals surface area contributed by atoms with Crippen LogP contribution in [0.5, 0.6) is 5.75 Å². The van der Waals surface area contributed by atoms with Gasteiger partial charge in [0, 0.05) is 12.0 Å².